The van der Waals surface area contributed by atoms with Gasteiger partial charge < -0.3 is 9.88 Å². The standard InChI is InChI=1S/C14H20N4/c1-11-5-4-6-13(12(11)2)9-15-8-7-14-17-16-10-18(14)3/h4-6,10,15H,7-9H2,1-3H3. The van der Waals surface area contributed by atoms with Crippen LogP contribution in [0.2, 0.25) is 0 Å². The minimum atomic E-state index is 0.904. The van der Waals surface area contributed by atoms with Gasteiger partial charge in [-0.15, -0.1) is 10.2 Å². The van der Waals surface area contributed by atoms with E-state index in [0.29, 0.717) is 0 Å². The maximum Gasteiger partial charge on any atom is 0.133 e. The molecule has 0 atom stereocenters. The van der Waals surface area contributed by atoms with E-state index in [0.717, 1.165) is 25.3 Å². The van der Waals surface area contributed by atoms with Gasteiger partial charge in [0.15, 0.2) is 0 Å². The van der Waals surface area contributed by atoms with Crippen molar-refractivity contribution in [1.29, 1.82) is 0 Å². The Morgan fingerprint density at radius 2 is 2.11 bits per heavy atom. The highest BCUT2D eigenvalue weighted by atomic mass is 15.2. The Hall–Kier alpha value is -1.68. The van der Waals surface area contributed by atoms with E-state index in [1.165, 1.54) is 16.7 Å². The van der Waals surface area contributed by atoms with Crippen LogP contribution >= 0.6 is 0 Å². The summed E-state index contributed by atoms with van der Waals surface area (Å²) in [5, 5.41) is 11.4. The fraction of sp³-hybridized carbons (Fsp3) is 0.429. The number of hydrogen-bond acceptors (Lipinski definition) is 3. The van der Waals surface area contributed by atoms with Crippen LogP contribution in [0.15, 0.2) is 24.5 Å². The molecule has 0 radical (unpaired) electrons. The van der Waals surface area contributed by atoms with Crippen molar-refractivity contribution in [1.82, 2.24) is 20.1 Å². The molecule has 1 heterocycles. The van der Waals surface area contributed by atoms with E-state index < -0.39 is 0 Å². The van der Waals surface area contributed by atoms with E-state index in [2.05, 4.69) is 47.6 Å². The van der Waals surface area contributed by atoms with Crippen LogP contribution in [0.3, 0.4) is 0 Å². The minimum Gasteiger partial charge on any atom is -0.321 e. The van der Waals surface area contributed by atoms with Crippen molar-refractivity contribution in [3.8, 4) is 0 Å². The molecule has 0 spiro atoms. The Kier molecular flexibility index (Phi) is 4.10. The maximum absolute atomic E-state index is 4.06. The molecular weight excluding hydrogens is 224 g/mol. The first-order chi connectivity index (χ1) is 8.68. The van der Waals surface area contributed by atoms with E-state index in [-0.39, 0.29) is 0 Å². The van der Waals surface area contributed by atoms with Crippen molar-refractivity contribution in [2.24, 2.45) is 7.05 Å². The second kappa shape index (κ2) is 5.78. The number of hydrogen-bond donors (Lipinski definition) is 1. The SMILES string of the molecule is Cc1cccc(CNCCc2nncn2C)c1C. The Morgan fingerprint density at radius 1 is 1.28 bits per heavy atom. The number of aryl methyl sites for hydroxylation is 2. The number of nitrogens with zero attached hydrogens (tertiary/aromatic N) is 3. The third-order valence-corrected chi connectivity index (χ3v) is 3.36. The molecule has 0 aliphatic rings. The quantitative estimate of drug-likeness (QED) is 0.815. The van der Waals surface area contributed by atoms with Crippen LogP contribution < -0.4 is 5.32 Å². The van der Waals surface area contributed by atoms with Gasteiger partial charge in [-0.25, -0.2) is 0 Å². The fourth-order valence-electron chi connectivity index (χ4n) is 1.96. The molecule has 1 N–H and O–H groups in total. The van der Waals surface area contributed by atoms with Gasteiger partial charge in [0.25, 0.3) is 0 Å². The second-order valence-electron chi connectivity index (χ2n) is 4.64. The highest BCUT2D eigenvalue weighted by Gasteiger charge is 2.02. The molecule has 0 bridgehead atoms. The molecule has 4 heteroatoms. The van der Waals surface area contributed by atoms with Crippen molar-refractivity contribution < 1.29 is 0 Å². The monoisotopic (exact) mass is 244 g/mol. The van der Waals surface area contributed by atoms with E-state index >= 15 is 0 Å². The van der Waals surface area contributed by atoms with Gasteiger partial charge in [-0.3, -0.25) is 0 Å². The van der Waals surface area contributed by atoms with Gasteiger partial charge in [0.1, 0.15) is 12.2 Å². The van der Waals surface area contributed by atoms with Crippen molar-refractivity contribution in [3.63, 3.8) is 0 Å². The van der Waals surface area contributed by atoms with Crippen LogP contribution in [0.1, 0.15) is 22.5 Å². The fourth-order valence-corrected chi connectivity index (χ4v) is 1.96. The average Bonchev–Trinajstić information content (AvgIpc) is 2.76. The van der Waals surface area contributed by atoms with Crippen LogP contribution in [-0.4, -0.2) is 21.3 Å². The summed E-state index contributed by atoms with van der Waals surface area (Å²) in [4.78, 5) is 0. The summed E-state index contributed by atoms with van der Waals surface area (Å²) in [5.41, 5.74) is 4.10. The lowest BCUT2D eigenvalue weighted by Crippen LogP contribution is -2.18. The van der Waals surface area contributed by atoms with Gasteiger partial charge in [-0.2, -0.15) is 0 Å². The first-order valence-corrected chi connectivity index (χ1v) is 6.27. The molecule has 0 fully saturated rings. The lowest BCUT2D eigenvalue weighted by Gasteiger charge is -2.09. The number of benzene rings is 1. The Balaban J connectivity index is 1.82. The third-order valence-electron chi connectivity index (χ3n) is 3.36. The summed E-state index contributed by atoms with van der Waals surface area (Å²) in [6.07, 6.45) is 2.64. The van der Waals surface area contributed by atoms with Gasteiger partial charge in [-0.1, -0.05) is 18.2 Å². The maximum atomic E-state index is 4.06. The zero-order chi connectivity index (χ0) is 13.0. The molecule has 0 aliphatic heterocycles. The van der Waals surface area contributed by atoms with Crippen LogP contribution in [0.5, 0.6) is 0 Å². The lowest BCUT2D eigenvalue weighted by molar-refractivity contribution is 0.652. The molecule has 2 aromatic rings. The van der Waals surface area contributed by atoms with Gasteiger partial charge in [0.05, 0.1) is 0 Å². The zero-order valence-electron chi connectivity index (χ0n) is 11.3. The van der Waals surface area contributed by atoms with Crippen LogP contribution in [0.25, 0.3) is 0 Å². The van der Waals surface area contributed by atoms with Gasteiger partial charge in [0.2, 0.25) is 0 Å². The normalized spacial score (nSPS) is 10.8. The summed E-state index contributed by atoms with van der Waals surface area (Å²) < 4.78 is 1.96. The number of rotatable bonds is 5. The highest BCUT2D eigenvalue weighted by Crippen LogP contribution is 2.12. The minimum absolute atomic E-state index is 0.904. The molecule has 0 saturated heterocycles. The van der Waals surface area contributed by atoms with Gasteiger partial charge >= 0.3 is 0 Å². The molecule has 0 amide bonds. The molecule has 2 rings (SSSR count). The molecule has 4 nitrogen and oxygen atoms in total. The van der Waals surface area contributed by atoms with Gasteiger partial charge in [0, 0.05) is 26.6 Å². The molecular formula is C14H20N4. The highest BCUT2D eigenvalue weighted by molar-refractivity contribution is 5.32. The molecule has 18 heavy (non-hydrogen) atoms. The van der Waals surface area contributed by atoms with Crippen molar-refractivity contribution in [2.45, 2.75) is 26.8 Å². The summed E-state index contributed by atoms with van der Waals surface area (Å²) >= 11 is 0. The smallest absolute Gasteiger partial charge is 0.133 e. The molecule has 96 valence electrons. The second-order valence-corrected chi connectivity index (χ2v) is 4.64. The molecule has 0 aliphatic carbocycles. The topological polar surface area (TPSA) is 42.7 Å². The summed E-state index contributed by atoms with van der Waals surface area (Å²) in [7, 11) is 1.97. The van der Waals surface area contributed by atoms with Crippen molar-refractivity contribution in [3.05, 3.63) is 47.0 Å². The van der Waals surface area contributed by atoms with Crippen molar-refractivity contribution in [2.75, 3.05) is 6.54 Å². The van der Waals surface area contributed by atoms with Crippen LogP contribution in [0.4, 0.5) is 0 Å². The van der Waals surface area contributed by atoms with E-state index in [1.54, 1.807) is 6.33 Å². The Labute approximate surface area is 108 Å². The average molecular weight is 244 g/mol. The zero-order valence-corrected chi connectivity index (χ0v) is 11.3. The predicted molar refractivity (Wildman–Crippen MR) is 72.3 cm³/mol. The van der Waals surface area contributed by atoms with E-state index in [1.807, 2.05) is 11.6 Å². The largest absolute Gasteiger partial charge is 0.321 e. The third kappa shape index (κ3) is 2.96. The number of aromatic nitrogens is 3. The van der Waals surface area contributed by atoms with E-state index in [4.69, 9.17) is 0 Å². The first kappa shape index (κ1) is 12.8. The molecule has 1 aromatic heterocycles. The molecule has 0 saturated carbocycles. The Morgan fingerprint density at radius 3 is 2.83 bits per heavy atom. The van der Waals surface area contributed by atoms with Crippen LogP contribution in [0, 0.1) is 13.8 Å². The lowest BCUT2D eigenvalue weighted by atomic mass is 10.0. The number of nitrogens with one attached hydrogen (secondary N) is 1. The van der Waals surface area contributed by atoms with Crippen molar-refractivity contribution >= 4 is 0 Å². The predicted octanol–water partition coefficient (Wildman–Crippen LogP) is 1.76. The molecule has 0 unspecified atom stereocenters. The summed E-state index contributed by atoms with van der Waals surface area (Å²) in [5.74, 6) is 1.02. The van der Waals surface area contributed by atoms with E-state index in [9.17, 15) is 0 Å². The Bertz CT molecular complexity index is 516. The van der Waals surface area contributed by atoms with Crippen LogP contribution in [-0.2, 0) is 20.0 Å². The first-order valence-electron chi connectivity index (χ1n) is 6.27. The summed E-state index contributed by atoms with van der Waals surface area (Å²) in [6.45, 7) is 6.15. The summed E-state index contributed by atoms with van der Waals surface area (Å²) in [6, 6.07) is 6.44. The molecule has 1 aromatic carbocycles. The van der Waals surface area contributed by atoms with Gasteiger partial charge in [-0.05, 0) is 30.5 Å².